The first-order chi connectivity index (χ1) is 8.81. The maximum absolute atomic E-state index is 10.2. The molecule has 2 nitrogen and oxygen atoms in total. The lowest BCUT2D eigenvalue weighted by molar-refractivity contribution is 0.132. The van der Waals surface area contributed by atoms with Crippen molar-refractivity contribution in [2.45, 2.75) is 53.1 Å². The van der Waals surface area contributed by atoms with Crippen molar-refractivity contribution in [3.05, 3.63) is 29.8 Å². The SMILES string of the molecule is COc1ccccc1CC(O)CC(C)CC(C)(C)C. The quantitative estimate of drug-likeness (QED) is 0.839. The van der Waals surface area contributed by atoms with E-state index in [2.05, 4.69) is 27.7 Å². The first kappa shape index (κ1) is 16.0. The molecule has 2 heteroatoms. The minimum atomic E-state index is -0.298. The van der Waals surface area contributed by atoms with Crippen LogP contribution in [0, 0.1) is 11.3 Å². The third-order valence-electron chi connectivity index (χ3n) is 3.28. The third-order valence-corrected chi connectivity index (χ3v) is 3.28. The van der Waals surface area contributed by atoms with Gasteiger partial charge in [-0.3, -0.25) is 0 Å². The van der Waals surface area contributed by atoms with Crippen LogP contribution >= 0.6 is 0 Å². The number of aliphatic hydroxyl groups excluding tert-OH is 1. The highest BCUT2D eigenvalue weighted by molar-refractivity contribution is 5.33. The number of hydrogen-bond acceptors (Lipinski definition) is 2. The lowest BCUT2D eigenvalue weighted by atomic mass is 9.82. The Labute approximate surface area is 117 Å². The normalized spacial score (nSPS) is 15.1. The van der Waals surface area contributed by atoms with Crippen LogP contribution in [0.25, 0.3) is 0 Å². The number of methoxy groups -OCH3 is 1. The van der Waals surface area contributed by atoms with E-state index in [1.807, 2.05) is 24.3 Å². The zero-order valence-electron chi connectivity index (χ0n) is 12.9. The summed E-state index contributed by atoms with van der Waals surface area (Å²) in [5.74, 6) is 1.40. The molecule has 0 heterocycles. The molecule has 0 spiro atoms. The Bertz CT molecular complexity index is 379. The van der Waals surface area contributed by atoms with Crippen molar-refractivity contribution < 1.29 is 9.84 Å². The van der Waals surface area contributed by atoms with E-state index >= 15 is 0 Å². The van der Waals surface area contributed by atoms with Crippen LogP contribution in [0.15, 0.2) is 24.3 Å². The van der Waals surface area contributed by atoms with Crippen molar-refractivity contribution >= 4 is 0 Å². The van der Waals surface area contributed by atoms with E-state index in [9.17, 15) is 5.11 Å². The molecule has 1 N–H and O–H groups in total. The Balaban J connectivity index is 2.53. The smallest absolute Gasteiger partial charge is 0.122 e. The van der Waals surface area contributed by atoms with Crippen molar-refractivity contribution in [3.8, 4) is 5.75 Å². The van der Waals surface area contributed by atoms with Gasteiger partial charge in [-0.15, -0.1) is 0 Å². The monoisotopic (exact) mass is 264 g/mol. The number of benzene rings is 1. The van der Waals surface area contributed by atoms with Crippen LogP contribution in [0.3, 0.4) is 0 Å². The average molecular weight is 264 g/mol. The molecule has 0 radical (unpaired) electrons. The molecule has 0 aliphatic heterocycles. The Morgan fingerprint density at radius 1 is 1.21 bits per heavy atom. The standard InChI is InChI=1S/C17H28O2/c1-13(12-17(2,3)4)10-15(18)11-14-8-6-7-9-16(14)19-5/h6-9,13,15,18H,10-12H2,1-5H3. The summed E-state index contributed by atoms with van der Waals surface area (Å²) in [6.45, 7) is 8.96. The van der Waals surface area contributed by atoms with Crippen LogP contribution < -0.4 is 4.74 Å². The first-order valence-corrected chi connectivity index (χ1v) is 7.12. The van der Waals surface area contributed by atoms with Gasteiger partial charge in [0, 0.05) is 6.42 Å². The lowest BCUT2D eigenvalue weighted by Crippen LogP contribution is -2.19. The van der Waals surface area contributed by atoms with Gasteiger partial charge in [0.25, 0.3) is 0 Å². The molecule has 2 atom stereocenters. The second kappa shape index (κ2) is 6.95. The van der Waals surface area contributed by atoms with Crippen LogP contribution in [-0.2, 0) is 6.42 Å². The molecular formula is C17H28O2. The minimum Gasteiger partial charge on any atom is -0.496 e. The minimum absolute atomic E-state index is 0.298. The highest BCUT2D eigenvalue weighted by Gasteiger charge is 2.18. The molecule has 19 heavy (non-hydrogen) atoms. The van der Waals surface area contributed by atoms with Crippen LogP contribution in [0.1, 0.15) is 46.1 Å². The van der Waals surface area contributed by atoms with Gasteiger partial charge in [-0.25, -0.2) is 0 Å². The summed E-state index contributed by atoms with van der Waals surface area (Å²) in [4.78, 5) is 0. The van der Waals surface area contributed by atoms with Crippen molar-refractivity contribution in [1.82, 2.24) is 0 Å². The van der Waals surface area contributed by atoms with Gasteiger partial charge in [0.2, 0.25) is 0 Å². The summed E-state index contributed by atoms with van der Waals surface area (Å²) in [5, 5.41) is 10.2. The summed E-state index contributed by atoms with van der Waals surface area (Å²) in [7, 11) is 1.67. The second-order valence-electron chi connectivity index (χ2n) is 6.78. The average Bonchev–Trinajstić information content (AvgIpc) is 2.26. The number of rotatable bonds is 6. The molecule has 0 aromatic heterocycles. The maximum Gasteiger partial charge on any atom is 0.122 e. The lowest BCUT2D eigenvalue weighted by Gasteiger charge is -2.25. The van der Waals surface area contributed by atoms with Gasteiger partial charge in [-0.1, -0.05) is 45.9 Å². The van der Waals surface area contributed by atoms with E-state index in [1.54, 1.807) is 7.11 Å². The topological polar surface area (TPSA) is 29.5 Å². The van der Waals surface area contributed by atoms with Gasteiger partial charge >= 0.3 is 0 Å². The summed E-state index contributed by atoms with van der Waals surface area (Å²) >= 11 is 0. The predicted molar refractivity (Wildman–Crippen MR) is 80.6 cm³/mol. The van der Waals surface area contributed by atoms with E-state index in [1.165, 1.54) is 0 Å². The molecule has 108 valence electrons. The van der Waals surface area contributed by atoms with Crippen molar-refractivity contribution in [1.29, 1.82) is 0 Å². The highest BCUT2D eigenvalue weighted by Crippen LogP contribution is 2.28. The number of para-hydroxylation sites is 1. The molecule has 0 saturated heterocycles. The van der Waals surface area contributed by atoms with Gasteiger partial charge in [0.1, 0.15) is 5.75 Å². The molecule has 0 saturated carbocycles. The molecule has 0 amide bonds. The molecule has 0 bridgehead atoms. The molecule has 2 unspecified atom stereocenters. The number of hydrogen-bond donors (Lipinski definition) is 1. The zero-order chi connectivity index (χ0) is 14.5. The molecule has 0 aliphatic carbocycles. The van der Waals surface area contributed by atoms with Crippen LogP contribution in [0.5, 0.6) is 5.75 Å². The van der Waals surface area contributed by atoms with Gasteiger partial charge in [-0.05, 0) is 35.8 Å². The Morgan fingerprint density at radius 3 is 2.42 bits per heavy atom. The Morgan fingerprint density at radius 2 is 1.84 bits per heavy atom. The van der Waals surface area contributed by atoms with Crippen LogP contribution in [-0.4, -0.2) is 18.3 Å². The fraction of sp³-hybridized carbons (Fsp3) is 0.647. The molecule has 1 rings (SSSR count). The van der Waals surface area contributed by atoms with E-state index < -0.39 is 0 Å². The summed E-state index contributed by atoms with van der Waals surface area (Å²) in [6, 6.07) is 7.91. The summed E-state index contributed by atoms with van der Waals surface area (Å²) in [5.41, 5.74) is 1.41. The van der Waals surface area contributed by atoms with E-state index in [-0.39, 0.29) is 6.10 Å². The first-order valence-electron chi connectivity index (χ1n) is 7.12. The number of ether oxygens (including phenoxy) is 1. The summed E-state index contributed by atoms with van der Waals surface area (Å²) in [6.07, 6.45) is 2.35. The van der Waals surface area contributed by atoms with Gasteiger partial charge in [-0.2, -0.15) is 0 Å². The largest absolute Gasteiger partial charge is 0.496 e. The van der Waals surface area contributed by atoms with Gasteiger partial charge in [0.15, 0.2) is 0 Å². The van der Waals surface area contributed by atoms with Crippen LogP contribution in [0.2, 0.25) is 0 Å². The molecule has 0 fully saturated rings. The van der Waals surface area contributed by atoms with Crippen molar-refractivity contribution in [3.63, 3.8) is 0 Å². The fourth-order valence-electron chi connectivity index (χ4n) is 2.80. The summed E-state index contributed by atoms with van der Waals surface area (Å²) < 4.78 is 5.32. The van der Waals surface area contributed by atoms with Crippen molar-refractivity contribution in [2.75, 3.05) is 7.11 Å². The predicted octanol–water partition coefficient (Wildman–Crippen LogP) is 4.06. The maximum atomic E-state index is 10.2. The van der Waals surface area contributed by atoms with E-state index in [0.717, 1.165) is 24.2 Å². The fourth-order valence-corrected chi connectivity index (χ4v) is 2.80. The Hall–Kier alpha value is -1.02. The van der Waals surface area contributed by atoms with Crippen molar-refractivity contribution in [2.24, 2.45) is 11.3 Å². The van der Waals surface area contributed by atoms with E-state index in [4.69, 9.17) is 4.74 Å². The van der Waals surface area contributed by atoms with E-state index in [0.29, 0.717) is 17.8 Å². The van der Waals surface area contributed by atoms with Crippen LogP contribution in [0.4, 0.5) is 0 Å². The third kappa shape index (κ3) is 6.11. The zero-order valence-corrected chi connectivity index (χ0v) is 12.9. The molecular weight excluding hydrogens is 236 g/mol. The molecule has 1 aromatic rings. The van der Waals surface area contributed by atoms with Gasteiger partial charge in [0.05, 0.1) is 13.2 Å². The second-order valence-corrected chi connectivity index (χ2v) is 6.78. The Kier molecular flexibility index (Phi) is 5.86. The number of aliphatic hydroxyl groups is 1. The van der Waals surface area contributed by atoms with Gasteiger partial charge < -0.3 is 9.84 Å². The highest BCUT2D eigenvalue weighted by atomic mass is 16.5. The molecule has 0 aliphatic rings. The molecule has 1 aromatic carbocycles.